The highest BCUT2D eigenvalue weighted by atomic mass is 16.2. The molecule has 2 aromatic carbocycles. The van der Waals surface area contributed by atoms with Crippen LogP contribution in [-0.4, -0.2) is 29.0 Å². The van der Waals surface area contributed by atoms with Crippen LogP contribution in [0.3, 0.4) is 0 Å². The minimum Gasteiger partial charge on any atom is -0.351 e. The number of hydrogen-bond acceptors (Lipinski definition) is 4. The van der Waals surface area contributed by atoms with Gasteiger partial charge >= 0.3 is 0 Å². The van der Waals surface area contributed by atoms with Crippen LogP contribution in [0, 0.1) is 0 Å². The first kappa shape index (κ1) is 16.0. The van der Waals surface area contributed by atoms with Crippen molar-refractivity contribution in [3.05, 3.63) is 83.3 Å². The molecule has 0 saturated carbocycles. The fourth-order valence-electron chi connectivity index (χ4n) is 3.97. The molecule has 0 atom stereocenters. The predicted octanol–water partition coefficient (Wildman–Crippen LogP) is 3.24. The lowest BCUT2D eigenvalue weighted by Crippen LogP contribution is -2.32. The van der Waals surface area contributed by atoms with E-state index in [0.717, 1.165) is 37.4 Å². The molecule has 3 aromatic rings. The summed E-state index contributed by atoms with van der Waals surface area (Å²) in [5, 5.41) is 0. The van der Waals surface area contributed by atoms with Gasteiger partial charge in [-0.15, -0.1) is 0 Å². The van der Waals surface area contributed by atoms with E-state index in [4.69, 9.17) is 0 Å². The monoisotopic (exact) mass is 356 g/mol. The van der Waals surface area contributed by atoms with Gasteiger partial charge < -0.3 is 9.80 Å². The minimum atomic E-state index is -0.0806. The van der Waals surface area contributed by atoms with Crippen LogP contribution >= 0.6 is 0 Å². The summed E-state index contributed by atoms with van der Waals surface area (Å²) in [4.78, 5) is 25.9. The lowest BCUT2D eigenvalue weighted by molar-refractivity contribution is 0.0984. The second-order valence-corrected chi connectivity index (χ2v) is 7.04. The number of benzene rings is 2. The molecule has 5 nitrogen and oxygen atoms in total. The third-order valence-corrected chi connectivity index (χ3v) is 5.44. The summed E-state index contributed by atoms with van der Waals surface area (Å²) in [6.45, 7) is 2.45. The number of fused-ring (bicyclic) bond motifs is 2. The molecule has 0 N–H and O–H groups in total. The Morgan fingerprint density at radius 2 is 1.56 bits per heavy atom. The molecule has 0 unspecified atom stereocenters. The zero-order chi connectivity index (χ0) is 18.2. The first-order chi connectivity index (χ1) is 13.3. The fraction of sp³-hybridized carbons (Fsp3) is 0.227. The van der Waals surface area contributed by atoms with E-state index < -0.39 is 0 Å². The van der Waals surface area contributed by atoms with E-state index in [2.05, 4.69) is 45.2 Å². The van der Waals surface area contributed by atoms with Crippen LogP contribution in [0.15, 0.2) is 60.9 Å². The van der Waals surface area contributed by atoms with Crippen molar-refractivity contribution in [2.75, 3.05) is 22.9 Å². The third-order valence-electron chi connectivity index (χ3n) is 5.44. The number of anilines is 2. The van der Waals surface area contributed by atoms with Crippen LogP contribution in [0.2, 0.25) is 0 Å². The van der Waals surface area contributed by atoms with Gasteiger partial charge in [-0.25, -0.2) is 9.97 Å². The molecular formula is C22H20N4O. The van der Waals surface area contributed by atoms with Gasteiger partial charge in [0.25, 0.3) is 5.91 Å². The Hall–Kier alpha value is -3.21. The summed E-state index contributed by atoms with van der Waals surface area (Å²) >= 11 is 0. The molecular weight excluding hydrogens is 336 g/mol. The highest BCUT2D eigenvalue weighted by Gasteiger charge is 2.26. The summed E-state index contributed by atoms with van der Waals surface area (Å²) in [5.41, 5.74) is 5.33. The van der Waals surface area contributed by atoms with Crippen molar-refractivity contribution in [3.8, 4) is 0 Å². The molecule has 0 bridgehead atoms. The van der Waals surface area contributed by atoms with Crippen molar-refractivity contribution >= 4 is 17.4 Å². The smallest absolute Gasteiger partial charge is 0.278 e. The molecule has 0 radical (unpaired) electrons. The van der Waals surface area contributed by atoms with Gasteiger partial charge in [0.15, 0.2) is 0 Å². The van der Waals surface area contributed by atoms with Gasteiger partial charge in [0.1, 0.15) is 11.5 Å². The van der Waals surface area contributed by atoms with Crippen LogP contribution in [0.25, 0.3) is 0 Å². The van der Waals surface area contributed by atoms with Crippen LogP contribution in [0.1, 0.15) is 27.2 Å². The van der Waals surface area contributed by atoms with Crippen molar-refractivity contribution in [1.29, 1.82) is 0 Å². The normalized spacial score (nSPS) is 15.4. The minimum absolute atomic E-state index is 0.0806. The van der Waals surface area contributed by atoms with Gasteiger partial charge in [0.05, 0.1) is 12.4 Å². The zero-order valence-corrected chi connectivity index (χ0v) is 15.0. The van der Waals surface area contributed by atoms with Crippen molar-refractivity contribution < 1.29 is 4.79 Å². The number of rotatable bonds is 2. The van der Waals surface area contributed by atoms with Crippen molar-refractivity contribution in [3.63, 3.8) is 0 Å². The molecule has 0 spiro atoms. The van der Waals surface area contributed by atoms with Gasteiger partial charge in [0, 0.05) is 25.3 Å². The SMILES string of the molecule is O=C(c1cnc(N2CCc3ccccc3C2)cn1)N1CCc2ccccc21. The van der Waals surface area contributed by atoms with Crippen LogP contribution in [0.5, 0.6) is 0 Å². The van der Waals surface area contributed by atoms with E-state index in [0.29, 0.717) is 12.2 Å². The van der Waals surface area contributed by atoms with Crippen LogP contribution in [0.4, 0.5) is 11.5 Å². The average molecular weight is 356 g/mol. The number of para-hydroxylation sites is 1. The molecule has 5 rings (SSSR count). The lowest BCUT2D eigenvalue weighted by atomic mass is 10.0. The highest BCUT2D eigenvalue weighted by Crippen LogP contribution is 2.29. The first-order valence-corrected chi connectivity index (χ1v) is 9.33. The van der Waals surface area contributed by atoms with Gasteiger partial charge in [0.2, 0.25) is 0 Å². The summed E-state index contributed by atoms with van der Waals surface area (Å²) in [6, 6.07) is 16.6. The van der Waals surface area contributed by atoms with E-state index in [-0.39, 0.29) is 5.91 Å². The Labute approximate surface area is 158 Å². The van der Waals surface area contributed by atoms with Crippen molar-refractivity contribution in [1.82, 2.24) is 9.97 Å². The Bertz CT molecular complexity index is 999. The number of carbonyl (C=O) groups excluding carboxylic acids is 1. The van der Waals surface area contributed by atoms with E-state index >= 15 is 0 Å². The number of nitrogens with zero attached hydrogens (tertiary/aromatic N) is 4. The molecule has 134 valence electrons. The Morgan fingerprint density at radius 3 is 2.37 bits per heavy atom. The molecule has 3 heterocycles. The summed E-state index contributed by atoms with van der Waals surface area (Å²) in [7, 11) is 0. The maximum Gasteiger partial charge on any atom is 0.278 e. The highest BCUT2D eigenvalue weighted by molar-refractivity contribution is 6.05. The number of amides is 1. The molecule has 2 aliphatic rings. The molecule has 27 heavy (non-hydrogen) atoms. The molecule has 0 aliphatic carbocycles. The Kier molecular flexibility index (Phi) is 3.85. The van der Waals surface area contributed by atoms with Crippen molar-refractivity contribution in [2.45, 2.75) is 19.4 Å². The second kappa shape index (κ2) is 6.50. The summed E-state index contributed by atoms with van der Waals surface area (Å²) in [5.74, 6) is 0.742. The number of carbonyl (C=O) groups is 1. The molecule has 1 amide bonds. The summed E-state index contributed by atoms with van der Waals surface area (Å²) in [6.07, 6.45) is 5.23. The maximum atomic E-state index is 12.9. The van der Waals surface area contributed by atoms with Crippen molar-refractivity contribution in [2.24, 2.45) is 0 Å². The maximum absolute atomic E-state index is 12.9. The number of hydrogen-bond donors (Lipinski definition) is 0. The first-order valence-electron chi connectivity index (χ1n) is 9.33. The van der Waals surface area contributed by atoms with E-state index in [1.807, 2.05) is 18.2 Å². The standard InChI is InChI=1S/C22H20N4O/c27-22(26-12-10-17-6-3-4-8-20(17)26)19-13-24-21(14-23-19)25-11-9-16-5-1-2-7-18(16)15-25/h1-8,13-14H,9-12,15H2. The van der Waals surface area contributed by atoms with Gasteiger partial charge in [-0.2, -0.15) is 0 Å². The van der Waals surface area contributed by atoms with Gasteiger partial charge in [-0.1, -0.05) is 42.5 Å². The Morgan fingerprint density at radius 1 is 0.815 bits per heavy atom. The largest absolute Gasteiger partial charge is 0.351 e. The van der Waals surface area contributed by atoms with E-state index in [1.54, 1.807) is 17.3 Å². The average Bonchev–Trinajstić information content (AvgIpc) is 3.17. The Balaban J connectivity index is 1.35. The van der Waals surface area contributed by atoms with Crippen LogP contribution in [-0.2, 0) is 19.4 Å². The van der Waals surface area contributed by atoms with Gasteiger partial charge in [-0.3, -0.25) is 4.79 Å². The number of aromatic nitrogens is 2. The lowest BCUT2D eigenvalue weighted by Gasteiger charge is -2.29. The third kappa shape index (κ3) is 2.85. The van der Waals surface area contributed by atoms with Gasteiger partial charge in [-0.05, 0) is 35.6 Å². The molecule has 0 saturated heterocycles. The van der Waals surface area contributed by atoms with E-state index in [1.165, 1.54) is 16.7 Å². The zero-order valence-electron chi connectivity index (χ0n) is 15.0. The van der Waals surface area contributed by atoms with E-state index in [9.17, 15) is 4.79 Å². The molecule has 2 aliphatic heterocycles. The topological polar surface area (TPSA) is 49.3 Å². The molecule has 0 fully saturated rings. The quantitative estimate of drug-likeness (QED) is 0.707. The molecule has 5 heteroatoms. The fourth-order valence-corrected chi connectivity index (χ4v) is 3.97. The summed E-state index contributed by atoms with van der Waals surface area (Å²) < 4.78 is 0. The van der Waals surface area contributed by atoms with Crippen LogP contribution < -0.4 is 9.80 Å². The predicted molar refractivity (Wildman–Crippen MR) is 105 cm³/mol. The second-order valence-electron chi connectivity index (χ2n) is 7.04. The molecule has 1 aromatic heterocycles.